The van der Waals surface area contributed by atoms with Crippen molar-refractivity contribution in [3.8, 4) is 0 Å². The zero-order valence-electron chi connectivity index (χ0n) is 30.5. The summed E-state index contributed by atoms with van der Waals surface area (Å²) in [7, 11) is 0. The van der Waals surface area contributed by atoms with E-state index < -0.39 is 47.9 Å². The van der Waals surface area contributed by atoms with Crippen LogP contribution in [0.5, 0.6) is 0 Å². The van der Waals surface area contributed by atoms with Crippen molar-refractivity contribution in [3.05, 3.63) is 71.8 Å². The van der Waals surface area contributed by atoms with Gasteiger partial charge in [-0.25, -0.2) is 0 Å². The molecule has 0 aliphatic carbocycles. The first kappa shape index (κ1) is 40.4. The highest BCUT2D eigenvalue weighted by Gasteiger charge is 2.42. The number of carboxylic acids is 1. The number of hydrogen-bond acceptors (Lipinski definition) is 8. The van der Waals surface area contributed by atoms with Crippen LogP contribution >= 0.6 is 0 Å². The number of aliphatic carboxylic acids is 1. The number of unbranched alkanes of at least 4 members (excludes halogenated alkanes) is 1. The Balaban J connectivity index is 1.45. The summed E-state index contributed by atoms with van der Waals surface area (Å²) in [5.74, 6) is -2.64. The average molecular weight is 720 g/mol. The van der Waals surface area contributed by atoms with Crippen LogP contribution < -0.4 is 32.7 Å². The Kier molecular flexibility index (Phi) is 15.6. The van der Waals surface area contributed by atoms with Gasteiger partial charge < -0.3 is 37.8 Å². The van der Waals surface area contributed by atoms with Crippen molar-refractivity contribution >= 4 is 29.6 Å². The van der Waals surface area contributed by atoms with E-state index >= 15 is 0 Å². The molecular weight excluding hydrogens is 662 g/mol. The molecule has 2 aliphatic heterocycles. The molecule has 9 N–H and O–H groups in total. The van der Waals surface area contributed by atoms with Gasteiger partial charge >= 0.3 is 5.97 Å². The molecule has 13 nitrogen and oxygen atoms in total. The molecule has 52 heavy (non-hydrogen) atoms. The third-order valence-electron chi connectivity index (χ3n) is 10.0. The van der Waals surface area contributed by atoms with E-state index in [1.165, 1.54) is 0 Å². The summed E-state index contributed by atoms with van der Waals surface area (Å²) in [6, 6.07) is 15.0. The molecule has 4 amide bonds. The van der Waals surface area contributed by atoms with Gasteiger partial charge in [-0.1, -0.05) is 74.5 Å². The summed E-state index contributed by atoms with van der Waals surface area (Å²) in [5, 5.41) is 21.1. The van der Waals surface area contributed by atoms with Gasteiger partial charge in [0.25, 0.3) is 0 Å². The topological polar surface area (TPSA) is 209 Å². The zero-order chi connectivity index (χ0) is 37.6. The fourth-order valence-corrected chi connectivity index (χ4v) is 7.42. The summed E-state index contributed by atoms with van der Waals surface area (Å²) in [6.45, 7) is 4.32. The summed E-state index contributed by atoms with van der Waals surface area (Å²) in [4.78, 5) is 68.3. The number of nitrogens with zero attached hydrogens (tertiary/aromatic N) is 1. The molecule has 0 spiro atoms. The van der Waals surface area contributed by atoms with Gasteiger partial charge in [0, 0.05) is 24.5 Å². The number of nitrogens with two attached hydrogens (primary N) is 2. The fourth-order valence-electron chi connectivity index (χ4n) is 7.42. The Morgan fingerprint density at radius 3 is 1.85 bits per heavy atom. The Labute approximate surface area is 307 Å². The molecule has 2 aliphatic rings. The molecule has 6 atom stereocenters. The monoisotopic (exact) mass is 719 g/mol. The number of carbonyl (C=O) groups excluding carboxylic acids is 4. The Morgan fingerprint density at radius 1 is 0.750 bits per heavy atom. The SMILES string of the molecule is CC(C)CC(NC(=O)C(Cc1ccccc1)NC(=O)C(N)Cc1ccccc1)C(=O)NC(CCCCN)C(=O)NC1CC2CCC(C1)N2CC(=O)O. The van der Waals surface area contributed by atoms with E-state index in [9.17, 15) is 29.1 Å². The van der Waals surface area contributed by atoms with Gasteiger partial charge in [-0.3, -0.25) is 28.9 Å². The minimum absolute atomic E-state index is 0.00684. The van der Waals surface area contributed by atoms with Crippen molar-refractivity contribution in [2.24, 2.45) is 17.4 Å². The molecule has 0 radical (unpaired) electrons. The van der Waals surface area contributed by atoms with Crippen molar-refractivity contribution in [1.82, 2.24) is 26.2 Å². The highest BCUT2D eigenvalue weighted by atomic mass is 16.4. The maximum absolute atomic E-state index is 13.9. The lowest BCUT2D eigenvalue weighted by atomic mass is 9.96. The molecule has 2 saturated heterocycles. The first-order valence-corrected chi connectivity index (χ1v) is 18.7. The number of hydrogen-bond donors (Lipinski definition) is 7. The maximum atomic E-state index is 13.9. The van der Waals surface area contributed by atoms with E-state index in [1.54, 1.807) is 0 Å². The second-order valence-electron chi connectivity index (χ2n) is 14.7. The highest BCUT2D eigenvalue weighted by molar-refractivity contribution is 5.95. The first-order valence-electron chi connectivity index (χ1n) is 18.7. The number of carboxylic acid groups (broad SMARTS) is 1. The second kappa shape index (κ2) is 20.1. The summed E-state index contributed by atoms with van der Waals surface area (Å²) in [6.07, 6.45) is 5.52. The molecule has 2 bridgehead atoms. The third kappa shape index (κ3) is 12.4. The molecule has 2 aromatic carbocycles. The molecule has 2 heterocycles. The minimum Gasteiger partial charge on any atom is -0.480 e. The molecule has 4 rings (SSSR count). The predicted octanol–water partition coefficient (Wildman–Crippen LogP) is 1.62. The number of fused-ring (bicyclic) bond motifs is 2. The minimum atomic E-state index is -1.01. The van der Waals surface area contributed by atoms with E-state index in [1.807, 2.05) is 79.4 Å². The molecule has 284 valence electrons. The van der Waals surface area contributed by atoms with E-state index in [0.717, 1.165) is 24.0 Å². The lowest BCUT2D eigenvalue weighted by molar-refractivity contribution is -0.140. The van der Waals surface area contributed by atoms with Crippen LogP contribution in [0.2, 0.25) is 0 Å². The lowest BCUT2D eigenvalue weighted by Gasteiger charge is -2.38. The van der Waals surface area contributed by atoms with Gasteiger partial charge in [0.15, 0.2) is 0 Å². The number of carbonyl (C=O) groups is 5. The summed E-state index contributed by atoms with van der Waals surface area (Å²) < 4.78 is 0. The standard InChI is InChI=1S/C39H57N7O6/c1-25(2)19-33(45-39(52)34(21-27-13-7-4-8-14-27)44-36(49)31(41)20-26-11-5-3-6-12-26)38(51)43-32(15-9-10-18-40)37(50)42-28-22-29-16-17-30(23-28)46(29)24-35(47)48/h3-8,11-14,25,28-34H,9-10,15-24,40-41H2,1-2H3,(H,42,50)(H,43,51)(H,44,49)(H,45,52)(H,47,48). The van der Waals surface area contributed by atoms with Crippen LogP contribution in [0.15, 0.2) is 60.7 Å². The highest BCUT2D eigenvalue weighted by Crippen LogP contribution is 2.35. The first-order chi connectivity index (χ1) is 24.9. The van der Waals surface area contributed by atoms with Gasteiger partial charge in [0.1, 0.15) is 18.1 Å². The molecule has 2 fully saturated rings. The Morgan fingerprint density at radius 2 is 1.29 bits per heavy atom. The summed E-state index contributed by atoms with van der Waals surface area (Å²) in [5.41, 5.74) is 13.7. The van der Waals surface area contributed by atoms with Crippen molar-refractivity contribution in [2.75, 3.05) is 13.1 Å². The lowest BCUT2D eigenvalue weighted by Crippen LogP contribution is -2.59. The fraction of sp³-hybridized carbons (Fsp3) is 0.564. The number of nitrogens with one attached hydrogen (secondary N) is 4. The van der Waals surface area contributed by atoms with E-state index in [0.29, 0.717) is 51.5 Å². The van der Waals surface area contributed by atoms with Gasteiger partial charge in [0.05, 0.1) is 12.6 Å². The molecule has 13 heteroatoms. The van der Waals surface area contributed by atoms with E-state index in [-0.39, 0.29) is 42.9 Å². The largest absolute Gasteiger partial charge is 0.480 e. The van der Waals surface area contributed by atoms with Crippen LogP contribution in [0.25, 0.3) is 0 Å². The quantitative estimate of drug-likeness (QED) is 0.0991. The normalized spacial score (nSPS) is 20.7. The van der Waals surface area contributed by atoms with Gasteiger partial charge in [-0.15, -0.1) is 0 Å². The van der Waals surface area contributed by atoms with E-state index in [2.05, 4.69) is 21.3 Å². The van der Waals surface area contributed by atoms with E-state index in [4.69, 9.17) is 11.5 Å². The second-order valence-corrected chi connectivity index (χ2v) is 14.7. The summed E-state index contributed by atoms with van der Waals surface area (Å²) >= 11 is 0. The van der Waals surface area contributed by atoms with Gasteiger partial charge in [-0.2, -0.15) is 0 Å². The van der Waals surface area contributed by atoms with Crippen molar-refractivity contribution in [3.63, 3.8) is 0 Å². The van der Waals surface area contributed by atoms with Crippen molar-refractivity contribution < 1.29 is 29.1 Å². The molecule has 6 unspecified atom stereocenters. The van der Waals surface area contributed by atoms with Gasteiger partial charge in [-0.05, 0) is 81.4 Å². The van der Waals surface area contributed by atoms with Crippen LogP contribution in [0.4, 0.5) is 0 Å². The van der Waals surface area contributed by atoms with Gasteiger partial charge in [0.2, 0.25) is 23.6 Å². The molecule has 0 aromatic heterocycles. The van der Waals surface area contributed by atoms with Crippen molar-refractivity contribution in [1.29, 1.82) is 0 Å². The molecular formula is C39H57N7O6. The number of benzene rings is 2. The molecule has 2 aromatic rings. The van der Waals surface area contributed by atoms with Crippen molar-refractivity contribution in [2.45, 2.75) is 120 Å². The molecule has 0 saturated carbocycles. The van der Waals surface area contributed by atoms with Crippen LogP contribution in [-0.2, 0) is 36.8 Å². The average Bonchev–Trinajstić information content (AvgIpc) is 3.32. The zero-order valence-corrected chi connectivity index (χ0v) is 30.5. The predicted molar refractivity (Wildman–Crippen MR) is 199 cm³/mol. The van der Waals surface area contributed by atoms with Crippen LogP contribution in [0, 0.1) is 5.92 Å². The third-order valence-corrected chi connectivity index (χ3v) is 10.0. The van der Waals surface area contributed by atoms with Crippen LogP contribution in [-0.4, -0.2) is 95.0 Å². The Bertz CT molecular complexity index is 1460. The number of piperidine rings is 1. The number of amides is 4. The van der Waals surface area contributed by atoms with Crippen LogP contribution in [0.3, 0.4) is 0 Å². The number of rotatable bonds is 20. The maximum Gasteiger partial charge on any atom is 0.317 e. The smallest absolute Gasteiger partial charge is 0.317 e. The Hall–Kier alpha value is -4.33. The van der Waals surface area contributed by atoms with Crippen LogP contribution in [0.1, 0.15) is 76.3 Å².